The first-order valence-corrected chi connectivity index (χ1v) is 6.61. The highest BCUT2D eigenvalue weighted by Gasteiger charge is 2.25. The molecule has 17 heavy (non-hydrogen) atoms. The first-order valence-electron chi connectivity index (χ1n) is 6.61. The molecule has 1 heterocycles. The van der Waals surface area contributed by atoms with E-state index >= 15 is 0 Å². The third-order valence-corrected chi connectivity index (χ3v) is 4.07. The van der Waals surface area contributed by atoms with E-state index in [1.54, 1.807) is 5.56 Å². The molecule has 0 saturated carbocycles. The number of nitrogens with zero attached hydrogens (tertiary/aromatic N) is 1. The van der Waals surface area contributed by atoms with Gasteiger partial charge in [-0.3, -0.25) is 0 Å². The molecule has 0 aromatic heterocycles. The molecule has 1 atom stereocenters. The van der Waals surface area contributed by atoms with Crippen LogP contribution in [-0.4, -0.2) is 26.7 Å². The first kappa shape index (κ1) is 12.4. The lowest BCUT2D eigenvalue weighted by molar-refractivity contribution is 0.508. The number of benzene rings is 1. The Balaban J connectivity index is 2.28. The van der Waals surface area contributed by atoms with Crippen LogP contribution in [0.5, 0.6) is 0 Å². The van der Waals surface area contributed by atoms with Crippen molar-refractivity contribution in [2.24, 2.45) is 0 Å². The zero-order valence-electron chi connectivity index (χ0n) is 11.5. The van der Waals surface area contributed by atoms with Gasteiger partial charge in [0.15, 0.2) is 0 Å². The number of rotatable bonds is 3. The molecule has 1 N–H and O–H groups in total. The standard InChI is InChI=1S/C15H24N2/c1-11-5-6-12(2)15-14(11)8-7-13(17(15)4)9-10-16-3/h5-6,13,16H,7-10H2,1-4H3. The van der Waals surface area contributed by atoms with Crippen molar-refractivity contribution in [2.75, 3.05) is 25.5 Å². The zero-order valence-corrected chi connectivity index (χ0v) is 11.5. The van der Waals surface area contributed by atoms with Crippen LogP contribution in [0.4, 0.5) is 5.69 Å². The van der Waals surface area contributed by atoms with Crippen LogP contribution in [0.25, 0.3) is 0 Å². The van der Waals surface area contributed by atoms with Crippen molar-refractivity contribution in [3.05, 3.63) is 28.8 Å². The van der Waals surface area contributed by atoms with Gasteiger partial charge in [-0.25, -0.2) is 0 Å². The van der Waals surface area contributed by atoms with Crippen LogP contribution >= 0.6 is 0 Å². The van der Waals surface area contributed by atoms with Gasteiger partial charge in [0.25, 0.3) is 0 Å². The summed E-state index contributed by atoms with van der Waals surface area (Å²) in [5.41, 5.74) is 5.91. The van der Waals surface area contributed by atoms with Crippen LogP contribution in [0.1, 0.15) is 29.5 Å². The Bertz CT molecular complexity index is 398. The molecule has 0 aliphatic carbocycles. The molecule has 0 bridgehead atoms. The lowest BCUT2D eigenvalue weighted by atomic mass is 9.89. The summed E-state index contributed by atoms with van der Waals surface area (Å²) >= 11 is 0. The Labute approximate surface area is 105 Å². The van der Waals surface area contributed by atoms with E-state index in [0.717, 1.165) is 6.54 Å². The maximum absolute atomic E-state index is 3.26. The van der Waals surface area contributed by atoms with E-state index in [1.165, 1.54) is 36.1 Å². The summed E-state index contributed by atoms with van der Waals surface area (Å²) in [5, 5.41) is 3.26. The largest absolute Gasteiger partial charge is 0.371 e. The highest BCUT2D eigenvalue weighted by Crippen LogP contribution is 2.35. The molecule has 0 radical (unpaired) electrons. The van der Waals surface area contributed by atoms with Gasteiger partial charge in [-0.05, 0) is 63.4 Å². The predicted octanol–water partition coefficient (Wildman–Crippen LogP) is 2.66. The van der Waals surface area contributed by atoms with E-state index in [4.69, 9.17) is 0 Å². The van der Waals surface area contributed by atoms with Crippen LogP contribution < -0.4 is 10.2 Å². The van der Waals surface area contributed by atoms with Crippen LogP contribution in [0.2, 0.25) is 0 Å². The third kappa shape index (κ3) is 2.32. The highest BCUT2D eigenvalue weighted by molar-refractivity contribution is 5.63. The molecule has 0 spiro atoms. The van der Waals surface area contributed by atoms with Gasteiger partial charge >= 0.3 is 0 Å². The first-order chi connectivity index (χ1) is 8.15. The molecule has 2 nitrogen and oxygen atoms in total. The normalized spacial score (nSPS) is 19.3. The molecule has 2 rings (SSSR count). The molecule has 2 heteroatoms. The minimum Gasteiger partial charge on any atom is -0.371 e. The maximum Gasteiger partial charge on any atom is 0.0431 e. The molecule has 0 fully saturated rings. The Morgan fingerprint density at radius 2 is 2.00 bits per heavy atom. The number of hydrogen-bond acceptors (Lipinski definition) is 2. The van der Waals surface area contributed by atoms with Crippen LogP contribution in [-0.2, 0) is 6.42 Å². The van der Waals surface area contributed by atoms with E-state index in [0.29, 0.717) is 6.04 Å². The monoisotopic (exact) mass is 232 g/mol. The number of aryl methyl sites for hydroxylation is 2. The van der Waals surface area contributed by atoms with Crippen molar-refractivity contribution >= 4 is 5.69 Å². The fourth-order valence-corrected chi connectivity index (χ4v) is 3.00. The second-order valence-corrected chi connectivity index (χ2v) is 5.22. The Kier molecular flexibility index (Phi) is 3.72. The molecule has 0 amide bonds. The molecule has 1 aliphatic heterocycles. The zero-order chi connectivity index (χ0) is 12.4. The van der Waals surface area contributed by atoms with Crippen molar-refractivity contribution in [3.63, 3.8) is 0 Å². The summed E-state index contributed by atoms with van der Waals surface area (Å²) in [6, 6.07) is 5.21. The second kappa shape index (κ2) is 5.09. The summed E-state index contributed by atoms with van der Waals surface area (Å²) in [7, 11) is 4.29. The van der Waals surface area contributed by atoms with Gasteiger partial charge < -0.3 is 10.2 Å². The lowest BCUT2D eigenvalue weighted by Gasteiger charge is -2.38. The summed E-state index contributed by atoms with van der Waals surface area (Å²) in [4.78, 5) is 2.50. The van der Waals surface area contributed by atoms with Crippen LogP contribution in [0.3, 0.4) is 0 Å². The second-order valence-electron chi connectivity index (χ2n) is 5.22. The summed E-state index contributed by atoms with van der Waals surface area (Å²) in [5.74, 6) is 0. The topological polar surface area (TPSA) is 15.3 Å². The molecule has 1 aromatic carbocycles. The van der Waals surface area contributed by atoms with E-state index in [-0.39, 0.29) is 0 Å². The molecule has 1 unspecified atom stereocenters. The lowest BCUT2D eigenvalue weighted by Crippen LogP contribution is -2.38. The number of nitrogens with one attached hydrogen (secondary N) is 1. The highest BCUT2D eigenvalue weighted by atomic mass is 15.1. The Hall–Kier alpha value is -1.02. The summed E-state index contributed by atoms with van der Waals surface area (Å²) in [6.45, 7) is 5.57. The van der Waals surface area contributed by atoms with Crippen LogP contribution in [0, 0.1) is 13.8 Å². The fraction of sp³-hybridized carbons (Fsp3) is 0.600. The molecule has 0 saturated heterocycles. The van der Waals surface area contributed by atoms with E-state index < -0.39 is 0 Å². The van der Waals surface area contributed by atoms with Gasteiger partial charge in [0, 0.05) is 18.8 Å². The van der Waals surface area contributed by atoms with Gasteiger partial charge in [0.05, 0.1) is 0 Å². The Morgan fingerprint density at radius 1 is 1.29 bits per heavy atom. The smallest absolute Gasteiger partial charge is 0.0431 e. The summed E-state index contributed by atoms with van der Waals surface area (Å²) in [6.07, 6.45) is 3.76. The average molecular weight is 232 g/mol. The molecule has 1 aliphatic rings. The SMILES string of the molecule is CNCCC1CCc2c(C)ccc(C)c2N1C. The quantitative estimate of drug-likeness (QED) is 0.862. The number of fused-ring (bicyclic) bond motifs is 1. The van der Waals surface area contributed by atoms with Gasteiger partial charge in [-0.15, -0.1) is 0 Å². The maximum atomic E-state index is 3.26. The predicted molar refractivity (Wildman–Crippen MR) is 75.0 cm³/mol. The van der Waals surface area contributed by atoms with E-state index in [9.17, 15) is 0 Å². The minimum absolute atomic E-state index is 0.690. The number of hydrogen-bond donors (Lipinski definition) is 1. The minimum atomic E-state index is 0.690. The van der Waals surface area contributed by atoms with Crippen molar-refractivity contribution in [2.45, 2.75) is 39.2 Å². The van der Waals surface area contributed by atoms with Gasteiger partial charge in [-0.2, -0.15) is 0 Å². The fourth-order valence-electron chi connectivity index (χ4n) is 3.00. The van der Waals surface area contributed by atoms with Crippen molar-refractivity contribution < 1.29 is 0 Å². The average Bonchev–Trinajstić information content (AvgIpc) is 2.32. The Morgan fingerprint density at radius 3 is 2.71 bits per heavy atom. The number of anilines is 1. The van der Waals surface area contributed by atoms with Crippen molar-refractivity contribution in [1.29, 1.82) is 0 Å². The van der Waals surface area contributed by atoms with Crippen LogP contribution in [0.15, 0.2) is 12.1 Å². The van der Waals surface area contributed by atoms with Crippen molar-refractivity contribution in [1.82, 2.24) is 5.32 Å². The molecular formula is C15H24N2. The van der Waals surface area contributed by atoms with Gasteiger partial charge in [0.1, 0.15) is 0 Å². The van der Waals surface area contributed by atoms with Gasteiger partial charge in [-0.1, -0.05) is 12.1 Å². The molecule has 1 aromatic rings. The van der Waals surface area contributed by atoms with Gasteiger partial charge in [0.2, 0.25) is 0 Å². The molecule has 94 valence electrons. The van der Waals surface area contributed by atoms with Crippen molar-refractivity contribution in [3.8, 4) is 0 Å². The third-order valence-electron chi connectivity index (χ3n) is 4.07. The summed E-state index contributed by atoms with van der Waals surface area (Å²) < 4.78 is 0. The molecular weight excluding hydrogens is 208 g/mol. The van der Waals surface area contributed by atoms with E-state index in [1.807, 2.05) is 7.05 Å². The van der Waals surface area contributed by atoms with E-state index in [2.05, 4.69) is 43.2 Å².